The van der Waals surface area contributed by atoms with Crippen molar-refractivity contribution in [3.8, 4) is 0 Å². The fourth-order valence-electron chi connectivity index (χ4n) is 0.879. The predicted octanol–water partition coefficient (Wildman–Crippen LogP) is -1.07. The Morgan fingerprint density at radius 2 is 1.50 bits per heavy atom. The molecule has 0 bridgehead atoms. The average Bonchev–Trinajstić information content (AvgIpc) is 1.82. The summed E-state index contributed by atoms with van der Waals surface area (Å²) >= 11 is 0. The molecule has 6 heteroatoms. The van der Waals surface area contributed by atoms with Crippen LogP contribution in [0.1, 0.15) is 17.3 Å². The second-order valence-corrected chi connectivity index (χ2v) is 2.30. The van der Waals surface area contributed by atoms with Crippen LogP contribution in [0.2, 0.25) is 0 Å². The number of benzene rings is 1. The van der Waals surface area contributed by atoms with Crippen molar-refractivity contribution < 1.29 is 69.4 Å². The normalized spacial score (nSPS) is 8.57. The van der Waals surface area contributed by atoms with Gasteiger partial charge in [-0.15, -0.1) is 0 Å². The van der Waals surface area contributed by atoms with E-state index in [1.807, 2.05) is 0 Å². The molecule has 0 heterocycles. The van der Waals surface area contributed by atoms with Gasteiger partial charge in [-0.05, 0) is 6.92 Å². The van der Waals surface area contributed by atoms with Crippen molar-refractivity contribution in [3.63, 3.8) is 0 Å². The van der Waals surface area contributed by atoms with Crippen molar-refractivity contribution in [2.75, 3.05) is 0 Å². The smallest absolute Gasteiger partial charge is 1.00 e. The van der Waals surface area contributed by atoms with Gasteiger partial charge in [0, 0.05) is 12.1 Å². The minimum absolute atomic E-state index is 0. The number of carbonyl (C=O) groups excluding carboxylic acids is 1. The number of halogens is 3. The molecule has 1 rings (SSSR count). The molecule has 1 nitrogen and oxygen atoms in total. The van der Waals surface area contributed by atoms with Crippen LogP contribution in [0, 0.1) is 17.5 Å². The predicted molar refractivity (Wildman–Crippen MR) is 42.1 cm³/mol. The Labute approximate surface area is 124 Å². The Balaban J connectivity index is 0. The quantitative estimate of drug-likeness (QED) is 0.438. The van der Waals surface area contributed by atoms with Gasteiger partial charge in [0.1, 0.15) is 17.5 Å². The van der Waals surface area contributed by atoms with E-state index < -0.39 is 28.8 Å². The third-order valence-corrected chi connectivity index (χ3v) is 1.36. The zero-order valence-corrected chi connectivity index (χ0v) is 10.9. The van der Waals surface area contributed by atoms with E-state index in [9.17, 15) is 18.0 Å². The first-order valence-corrected chi connectivity index (χ1v) is 3.18. The van der Waals surface area contributed by atoms with Gasteiger partial charge in [0.2, 0.25) is 0 Å². The molecule has 0 aliphatic carbocycles. The zero-order chi connectivity index (χ0) is 9.30. The maximum Gasteiger partial charge on any atom is 1.00 e. The minimum atomic E-state index is -1.17. The van der Waals surface area contributed by atoms with E-state index in [2.05, 4.69) is 0 Å². The second kappa shape index (κ2) is 6.79. The van der Waals surface area contributed by atoms with Crippen LogP contribution in [0.15, 0.2) is 12.1 Å². The molecule has 14 heavy (non-hydrogen) atoms. The molecule has 4 radical (unpaired) electrons. The average molecular weight is 224 g/mol. The van der Waals surface area contributed by atoms with Crippen LogP contribution in [-0.2, 0) is 0 Å². The molecule has 0 spiro atoms. The Morgan fingerprint density at radius 1 is 1.14 bits per heavy atom. The van der Waals surface area contributed by atoms with E-state index in [1.165, 1.54) is 0 Å². The van der Waals surface area contributed by atoms with Crippen molar-refractivity contribution in [3.05, 3.63) is 35.1 Å². The van der Waals surface area contributed by atoms with Gasteiger partial charge in [0.15, 0.2) is 5.78 Å². The molecule has 0 unspecified atom stereocenters. The van der Waals surface area contributed by atoms with E-state index in [4.69, 9.17) is 0 Å². The molecule has 1 aromatic carbocycles. The third kappa shape index (κ3) is 3.86. The summed E-state index contributed by atoms with van der Waals surface area (Å²) in [5, 5.41) is 0. The molecule has 0 amide bonds. The van der Waals surface area contributed by atoms with E-state index in [0.717, 1.165) is 6.92 Å². The van der Waals surface area contributed by atoms with Crippen LogP contribution in [0.25, 0.3) is 0 Å². The van der Waals surface area contributed by atoms with Gasteiger partial charge in [0.25, 0.3) is 0 Å². The van der Waals surface area contributed by atoms with Gasteiger partial charge in [-0.3, -0.25) is 4.79 Å². The van der Waals surface area contributed by atoms with E-state index >= 15 is 0 Å². The first-order chi connectivity index (χ1) is 5.52. The van der Waals surface area contributed by atoms with Crippen LogP contribution in [-0.4, -0.2) is 14.2 Å². The minimum Gasteiger partial charge on any atom is -1.00 e. The van der Waals surface area contributed by atoms with Crippen LogP contribution in [0.4, 0.5) is 13.2 Å². The van der Waals surface area contributed by atoms with Crippen molar-refractivity contribution in [2.45, 2.75) is 6.92 Å². The molecule has 0 fully saturated rings. The third-order valence-electron chi connectivity index (χ3n) is 1.36. The molecule has 0 aliphatic rings. The summed E-state index contributed by atoms with van der Waals surface area (Å²) in [5.74, 6) is -4.12. The molecule has 0 aliphatic heterocycles. The van der Waals surface area contributed by atoms with Gasteiger partial charge < -0.3 is 8.41 Å². The molecule has 0 N–H and O–H groups in total. The maximum absolute atomic E-state index is 12.7. The first kappa shape index (κ1) is 16.8. The summed E-state index contributed by atoms with van der Waals surface area (Å²) in [6.07, 6.45) is 0. The topological polar surface area (TPSA) is 17.1 Å². The molecule has 0 saturated heterocycles. The molecule has 0 saturated carbocycles. The Hall–Kier alpha value is 0.381. The summed E-state index contributed by atoms with van der Waals surface area (Å²) in [6.45, 7) is 1.01. The number of hydrogen-bond donors (Lipinski definition) is 0. The monoisotopic (exact) mass is 224 g/mol. The molecule has 0 atom stereocenters. The number of hydrogen-bond acceptors (Lipinski definition) is 1. The zero-order valence-electron chi connectivity index (χ0n) is 7.77. The summed E-state index contributed by atoms with van der Waals surface area (Å²) in [6, 6.07) is 0.944. The number of ketones is 1. The Morgan fingerprint density at radius 3 is 1.79 bits per heavy atom. The van der Waals surface area contributed by atoms with Crippen LogP contribution in [0.3, 0.4) is 0 Å². The van der Waals surface area contributed by atoms with Crippen molar-refractivity contribution in [2.24, 2.45) is 0 Å². The molecular weight excluding hydrogens is 219 g/mol. The van der Waals surface area contributed by atoms with E-state index in [1.54, 1.807) is 0 Å². The molecular formula is C8H5BF3KO. The van der Waals surface area contributed by atoms with Crippen LogP contribution in [0.5, 0.6) is 0 Å². The Bertz CT molecular complexity index is 320. The maximum atomic E-state index is 12.7. The van der Waals surface area contributed by atoms with E-state index in [-0.39, 0.29) is 59.8 Å². The summed E-state index contributed by atoms with van der Waals surface area (Å²) in [5.41, 5.74) is -0.698. The standard InChI is InChI=1S/C8H5F3O.B.K/c1-4(12)8-6(10)2-5(9)3-7(8)11;;/h2-3H,1H3;;/q;-1;+1. The fourth-order valence-corrected chi connectivity index (χ4v) is 0.879. The summed E-state index contributed by atoms with van der Waals surface area (Å²) in [7, 11) is 0. The molecule has 1 aromatic rings. The fraction of sp³-hybridized carbons (Fsp3) is 0.125. The SMILES string of the molecule is CC(=O)c1c(F)cc(F)cc1F.[B-].[K+]. The summed E-state index contributed by atoms with van der Waals surface area (Å²) in [4.78, 5) is 10.6. The van der Waals surface area contributed by atoms with Crippen LogP contribution >= 0.6 is 0 Å². The number of Topliss-reactive ketones (excluding diaryl/α,β-unsaturated/α-hetero) is 1. The van der Waals surface area contributed by atoms with Crippen molar-refractivity contribution >= 4 is 14.2 Å². The Kier molecular flexibility index (Phi) is 8.15. The van der Waals surface area contributed by atoms with Crippen LogP contribution < -0.4 is 51.4 Å². The molecule has 0 aromatic heterocycles. The number of carbonyl (C=O) groups is 1. The first-order valence-electron chi connectivity index (χ1n) is 3.18. The number of rotatable bonds is 1. The molecule has 68 valence electrons. The van der Waals surface area contributed by atoms with Gasteiger partial charge in [-0.2, -0.15) is 0 Å². The largest absolute Gasteiger partial charge is 1.00 e. The second-order valence-electron chi connectivity index (χ2n) is 2.30. The van der Waals surface area contributed by atoms with Gasteiger partial charge >= 0.3 is 51.4 Å². The van der Waals surface area contributed by atoms with E-state index in [0.29, 0.717) is 12.1 Å². The van der Waals surface area contributed by atoms with Crippen molar-refractivity contribution in [1.29, 1.82) is 0 Å². The van der Waals surface area contributed by atoms with Gasteiger partial charge in [-0.25, -0.2) is 13.2 Å². The van der Waals surface area contributed by atoms with Crippen molar-refractivity contribution in [1.82, 2.24) is 0 Å². The van der Waals surface area contributed by atoms with Gasteiger partial charge in [0.05, 0.1) is 5.56 Å². The summed E-state index contributed by atoms with van der Waals surface area (Å²) < 4.78 is 37.6. The van der Waals surface area contributed by atoms with Gasteiger partial charge in [-0.1, -0.05) is 0 Å².